The van der Waals surface area contributed by atoms with E-state index in [0.29, 0.717) is 26.2 Å². The number of ether oxygens (including phenoxy) is 2. The van der Waals surface area contributed by atoms with Crippen LogP contribution in [0.25, 0.3) is 21.8 Å². The van der Waals surface area contributed by atoms with Crippen LogP contribution in [0.1, 0.15) is 25.0 Å². The van der Waals surface area contributed by atoms with Gasteiger partial charge in [0.25, 0.3) is 0 Å². The second kappa shape index (κ2) is 10.2. The quantitative estimate of drug-likeness (QED) is 0.296. The lowest BCUT2D eigenvalue weighted by molar-refractivity contribution is -0.156. The summed E-state index contributed by atoms with van der Waals surface area (Å²) in [7, 11) is 0. The summed E-state index contributed by atoms with van der Waals surface area (Å²) in [5.74, 6) is 6.27. The summed E-state index contributed by atoms with van der Waals surface area (Å²) < 4.78 is 12.9. The first-order valence-corrected chi connectivity index (χ1v) is 11.0. The molecule has 0 fully saturated rings. The van der Waals surface area contributed by atoms with Gasteiger partial charge in [0.2, 0.25) is 0 Å². The number of para-hydroxylation sites is 2. The minimum atomic E-state index is -0.577. The molecule has 0 aliphatic heterocycles. The zero-order valence-corrected chi connectivity index (χ0v) is 18.5. The Bertz CT molecular complexity index is 1220. The van der Waals surface area contributed by atoms with E-state index in [1.165, 1.54) is 21.8 Å². The molecule has 0 bridgehead atoms. The summed E-state index contributed by atoms with van der Waals surface area (Å²) in [6.07, 6.45) is -0.0889. The van der Waals surface area contributed by atoms with Gasteiger partial charge in [-0.2, -0.15) is 0 Å². The van der Waals surface area contributed by atoms with Crippen molar-refractivity contribution in [2.75, 3.05) is 13.2 Å². The highest BCUT2D eigenvalue weighted by atomic mass is 16.6. The largest absolute Gasteiger partial charge is 0.464 e. The Labute approximate surface area is 188 Å². The number of hydrogen-bond acceptors (Lipinski definition) is 3. The minimum absolute atomic E-state index is 0.315. The van der Waals surface area contributed by atoms with Crippen molar-refractivity contribution in [2.45, 2.75) is 32.9 Å². The topological polar surface area (TPSA) is 40.5 Å². The number of fused-ring (bicyclic) bond motifs is 3. The molecule has 0 N–H and O–H groups in total. The number of esters is 1. The smallest absolute Gasteiger partial charge is 0.335 e. The number of rotatable bonds is 7. The molecule has 0 saturated heterocycles. The lowest BCUT2D eigenvalue weighted by Crippen LogP contribution is -2.28. The van der Waals surface area contributed by atoms with Crippen LogP contribution >= 0.6 is 0 Å². The van der Waals surface area contributed by atoms with E-state index in [1.807, 2.05) is 31.2 Å². The molecular formula is C28H27NO3. The molecule has 162 valence electrons. The van der Waals surface area contributed by atoms with Gasteiger partial charge in [0.05, 0.1) is 13.2 Å². The van der Waals surface area contributed by atoms with Crippen LogP contribution in [-0.4, -0.2) is 29.9 Å². The van der Waals surface area contributed by atoms with Gasteiger partial charge in [-0.15, -0.1) is 0 Å². The highest BCUT2D eigenvalue weighted by molar-refractivity contribution is 6.08. The van der Waals surface area contributed by atoms with Crippen molar-refractivity contribution in [1.82, 2.24) is 4.57 Å². The van der Waals surface area contributed by atoms with E-state index in [0.717, 1.165) is 11.1 Å². The fourth-order valence-electron chi connectivity index (χ4n) is 3.98. The predicted octanol–water partition coefficient (Wildman–Crippen LogP) is 5.36. The molecule has 1 aromatic heterocycles. The van der Waals surface area contributed by atoms with Crippen LogP contribution in [0.3, 0.4) is 0 Å². The zero-order valence-electron chi connectivity index (χ0n) is 18.5. The fourth-order valence-corrected chi connectivity index (χ4v) is 3.98. The van der Waals surface area contributed by atoms with Crippen molar-refractivity contribution in [3.8, 4) is 11.8 Å². The van der Waals surface area contributed by atoms with Gasteiger partial charge in [0.1, 0.15) is 0 Å². The first-order chi connectivity index (χ1) is 15.7. The van der Waals surface area contributed by atoms with Crippen molar-refractivity contribution in [3.05, 3.63) is 83.9 Å². The van der Waals surface area contributed by atoms with Crippen LogP contribution in [0.15, 0.2) is 72.8 Å². The maximum absolute atomic E-state index is 12.1. The summed E-state index contributed by atoms with van der Waals surface area (Å²) in [6.45, 7) is 5.11. The molecule has 1 unspecified atom stereocenters. The fraction of sp³-hybridized carbons (Fsp3) is 0.250. The van der Waals surface area contributed by atoms with Gasteiger partial charge in [-0.25, -0.2) is 4.79 Å². The molecule has 1 atom stereocenters. The molecule has 0 aliphatic rings. The van der Waals surface area contributed by atoms with E-state index in [9.17, 15) is 4.79 Å². The van der Waals surface area contributed by atoms with Crippen molar-refractivity contribution >= 4 is 27.8 Å². The summed E-state index contributed by atoms with van der Waals surface area (Å²) in [5.41, 5.74) is 4.35. The second-order valence-corrected chi connectivity index (χ2v) is 7.52. The Morgan fingerprint density at radius 3 is 2.09 bits per heavy atom. The van der Waals surface area contributed by atoms with Gasteiger partial charge in [0, 0.05) is 40.4 Å². The van der Waals surface area contributed by atoms with Crippen molar-refractivity contribution < 1.29 is 14.3 Å². The number of nitrogens with zero attached hydrogens (tertiary/aromatic N) is 1. The molecular weight excluding hydrogens is 398 g/mol. The van der Waals surface area contributed by atoms with Crippen LogP contribution in [0.2, 0.25) is 0 Å². The van der Waals surface area contributed by atoms with Gasteiger partial charge in [-0.05, 0) is 43.7 Å². The van der Waals surface area contributed by atoms with E-state index >= 15 is 0 Å². The minimum Gasteiger partial charge on any atom is -0.464 e. The monoisotopic (exact) mass is 425 g/mol. The van der Waals surface area contributed by atoms with Crippen molar-refractivity contribution in [3.63, 3.8) is 0 Å². The van der Waals surface area contributed by atoms with Crippen molar-refractivity contribution in [1.29, 1.82) is 0 Å². The molecule has 4 nitrogen and oxygen atoms in total. The van der Waals surface area contributed by atoms with E-state index in [1.54, 1.807) is 6.92 Å². The predicted molar refractivity (Wildman–Crippen MR) is 129 cm³/mol. The van der Waals surface area contributed by atoms with Crippen LogP contribution in [0.4, 0.5) is 0 Å². The Morgan fingerprint density at radius 2 is 1.50 bits per heavy atom. The Balaban J connectivity index is 1.50. The summed E-state index contributed by atoms with van der Waals surface area (Å²) in [6, 6.07) is 24.9. The third kappa shape index (κ3) is 4.69. The molecule has 0 amide bonds. The number of aromatic nitrogens is 1. The lowest BCUT2D eigenvalue weighted by Gasteiger charge is -2.15. The summed E-state index contributed by atoms with van der Waals surface area (Å²) in [5, 5.41) is 2.50. The molecule has 1 heterocycles. The number of carbonyl (C=O) groups excluding carboxylic acids is 1. The van der Waals surface area contributed by atoms with E-state index in [-0.39, 0.29) is 5.97 Å². The van der Waals surface area contributed by atoms with E-state index < -0.39 is 6.10 Å². The molecule has 0 radical (unpaired) electrons. The average Bonchev–Trinajstić information content (AvgIpc) is 3.14. The van der Waals surface area contributed by atoms with Gasteiger partial charge < -0.3 is 14.0 Å². The van der Waals surface area contributed by atoms with E-state index in [4.69, 9.17) is 9.47 Å². The van der Waals surface area contributed by atoms with Crippen LogP contribution < -0.4 is 0 Å². The van der Waals surface area contributed by atoms with Crippen LogP contribution in [0, 0.1) is 11.8 Å². The first-order valence-electron chi connectivity index (χ1n) is 11.0. The van der Waals surface area contributed by atoms with Crippen molar-refractivity contribution in [2.24, 2.45) is 0 Å². The third-order valence-corrected chi connectivity index (χ3v) is 5.44. The third-order valence-electron chi connectivity index (χ3n) is 5.44. The second-order valence-electron chi connectivity index (χ2n) is 7.52. The molecule has 32 heavy (non-hydrogen) atoms. The van der Waals surface area contributed by atoms with Gasteiger partial charge >= 0.3 is 5.97 Å². The van der Waals surface area contributed by atoms with Gasteiger partial charge in [-0.3, -0.25) is 0 Å². The molecule has 0 spiro atoms. The highest BCUT2D eigenvalue weighted by Gasteiger charge is 2.20. The zero-order chi connectivity index (χ0) is 22.3. The molecule has 4 heteroatoms. The Morgan fingerprint density at radius 1 is 0.875 bits per heavy atom. The van der Waals surface area contributed by atoms with Gasteiger partial charge in [-0.1, -0.05) is 60.4 Å². The number of hydrogen-bond donors (Lipinski definition) is 0. The van der Waals surface area contributed by atoms with Crippen LogP contribution in [-0.2, 0) is 27.2 Å². The molecule has 4 aromatic rings. The number of benzene rings is 3. The Kier molecular flexibility index (Phi) is 6.89. The highest BCUT2D eigenvalue weighted by Crippen LogP contribution is 2.28. The number of carbonyl (C=O) groups is 1. The maximum atomic E-state index is 12.1. The normalized spacial score (nSPS) is 11.8. The Hall–Kier alpha value is -3.55. The SMILES string of the molecule is CCOC(=O)C(Cc1ccc(C#CCn2c3ccccc3c3ccccc32)cc1)OCC. The average molecular weight is 426 g/mol. The molecule has 3 aromatic carbocycles. The molecule has 4 rings (SSSR count). The van der Waals surface area contributed by atoms with Crippen LogP contribution in [0.5, 0.6) is 0 Å². The summed E-state index contributed by atoms with van der Waals surface area (Å²) in [4.78, 5) is 12.1. The first kappa shape index (κ1) is 21.7. The van der Waals surface area contributed by atoms with Gasteiger partial charge in [0.15, 0.2) is 6.10 Å². The molecule has 0 saturated carbocycles. The van der Waals surface area contributed by atoms with E-state index in [2.05, 4.69) is 64.9 Å². The summed E-state index contributed by atoms with van der Waals surface area (Å²) >= 11 is 0. The lowest BCUT2D eigenvalue weighted by atomic mass is 10.1. The molecule has 0 aliphatic carbocycles. The maximum Gasteiger partial charge on any atom is 0.335 e. The standard InChI is InChI=1S/C28H27NO3/c1-3-31-27(28(30)32-4-2)20-22-17-15-21(16-18-22)10-9-19-29-25-13-7-5-11-23(25)24-12-6-8-14-26(24)29/h5-8,11-18,27H,3-4,19-20H2,1-2H3.